The Bertz CT molecular complexity index is 622. The Morgan fingerprint density at radius 1 is 1.14 bits per heavy atom. The molecule has 0 heterocycles. The highest BCUT2D eigenvalue weighted by molar-refractivity contribution is 9.10. The zero-order valence-electron chi connectivity index (χ0n) is 12.4. The summed E-state index contributed by atoms with van der Waals surface area (Å²) in [5, 5.41) is 3.43. The van der Waals surface area contributed by atoms with Crippen molar-refractivity contribution in [2.24, 2.45) is 0 Å². The maximum Gasteiger partial charge on any atom is 0.141 e. The predicted octanol–water partition coefficient (Wildman–Crippen LogP) is 5.27. The minimum atomic E-state index is -0.311. The van der Waals surface area contributed by atoms with E-state index < -0.39 is 0 Å². The zero-order chi connectivity index (χ0) is 15.5. The number of nitrogens with one attached hydrogen (secondary N) is 1. The summed E-state index contributed by atoms with van der Waals surface area (Å²) in [5.74, 6) is 0.839. The van der Waals surface area contributed by atoms with Gasteiger partial charge in [0.2, 0.25) is 0 Å². The molecule has 0 spiro atoms. The van der Waals surface area contributed by atoms with Crippen LogP contribution in [0, 0.1) is 5.82 Å². The molecule has 0 aliphatic heterocycles. The summed E-state index contributed by atoms with van der Waals surface area (Å²) in [6.07, 6.45) is 0. The molecule has 2 aromatic rings. The van der Waals surface area contributed by atoms with Crippen LogP contribution in [0.25, 0.3) is 0 Å². The Hall–Kier alpha value is -1.39. The molecule has 0 atom stereocenters. The lowest BCUT2D eigenvalue weighted by Crippen LogP contribution is -2.35. The summed E-state index contributed by atoms with van der Waals surface area (Å²) in [5.41, 5.74) is 1.23. The van der Waals surface area contributed by atoms with Gasteiger partial charge in [0.15, 0.2) is 0 Å². The summed E-state index contributed by atoms with van der Waals surface area (Å²) in [4.78, 5) is 0. The first-order valence-electron chi connectivity index (χ1n) is 6.80. The van der Waals surface area contributed by atoms with E-state index in [2.05, 4.69) is 42.0 Å². The monoisotopic (exact) mass is 351 g/mol. The van der Waals surface area contributed by atoms with Crippen LogP contribution in [0.2, 0.25) is 0 Å². The normalized spacial score (nSPS) is 11.5. The number of ether oxygens (including phenoxy) is 1. The molecule has 0 fully saturated rings. The van der Waals surface area contributed by atoms with Gasteiger partial charge in [-0.25, -0.2) is 4.39 Å². The fraction of sp³-hybridized carbons (Fsp3) is 0.294. The van der Waals surface area contributed by atoms with E-state index in [0.717, 1.165) is 16.6 Å². The van der Waals surface area contributed by atoms with Gasteiger partial charge in [-0.15, -0.1) is 0 Å². The van der Waals surface area contributed by atoms with Gasteiger partial charge in [0.05, 0.1) is 4.47 Å². The van der Waals surface area contributed by atoms with E-state index in [9.17, 15) is 4.39 Å². The van der Waals surface area contributed by atoms with Crippen molar-refractivity contribution in [3.8, 4) is 11.5 Å². The highest BCUT2D eigenvalue weighted by Crippen LogP contribution is 2.30. The van der Waals surface area contributed by atoms with E-state index in [1.54, 1.807) is 12.1 Å². The number of hydrogen-bond acceptors (Lipinski definition) is 2. The van der Waals surface area contributed by atoms with Crippen LogP contribution in [0.1, 0.15) is 26.3 Å². The smallest absolute Gasteiger partial charge is 0.141 e. The van der Waals surface area contributed by atoms with Gasteiger partial charge >= 0.3 is 0 Å². The molecule has 0 aliphatic carbocycles. The fourth-order valence-corrected chi connectivity index (χ4v) is 2.27. The van der Waals surface area contributed by atoms with Crippen LogP contribution >= 0.6 is 15.9 Å². The molecule has 2 nitrogen and oxygen atoms in total. The van der Waals surface area contributed by atoms with Crippen molar-refractivity contribution >= 4 is 15.9 Å². The van der Waals surface area contributed by atoms with E-state index in [0.29, 0.717) is 11.5 Å². The SMILES string of the molecule is CC(C)(C)NCc1ccc(Oc2cccc(F)c2)c(Br)c1. The average molecular weight is 352 g/mol. The van der Waals surface area contributed by atoms with Crippen molar-refractivity contribution in [1.82, 2.24) is 5.32 Å². The molecule has 0 saturated heterocycles. The Morgan fingerprint density at radius 2 is 1.90 bits per heavy atom. The summed E-state index contributed by atoms with van der Waals surface area (Å²) in [6.45, 7) is 7.17. The van der Waals surface area contributed by atoms with Gasteiger partial charge in [-0.05, 0) is 66.5 Å². The lowest BCUT2D eigenvalue weighted by molar-refractivity contribution is 0.424. The Kier molecular flexibility index (Phi) is 5.01. The minimum Gasteiger partial charge on any atom is -0.456 e. The van der Waals surface area contributed by atoms with Crippen LogP contribution in [0.15, 0.2) is 46.9 Å². The average Bonchev–Trinajstić information content (AvgIpc) is 2.38. The number of halogens is 2. The van der Waals surface area contributed by atoms with Crippen LogP contribution in [0.5, 0.6) is 11.5 Å². The third-order valence-corrected chi connectivity index (χ3v) is 3.46. The Morgan fingerprint density at radius 3 is 2.52 bits per heavy atom. The highest BCUT2D eigenvalue weighted by atomic mass is 79.9. The van der Waals surface area contributed by atoms with Crippen molar-refractivity contribution in [3.05, 3.63) is 58.3 Å². The third kappa shape index (κ3) is 5.14. The maximum atomic E-state index is 13.1. The first-order valence-corrected chi connectivity index (χ1v) is 7.60. The van der Waals surface area contributed by atoms with Crippen LogP contribution < -0.4 is 10.1 Å². The van der Waals surface area contributed by atoms with E-state index in [1.165, 1.54) is 12.1 Å². The lowest BCUT2D eigenvalue weighted by Gasteiger charge is -2.20. The summed E-state index contributed by atoms with van der Waals surface area (Å²) < 4.78 is 19.7. The van der Waals surface area contributed by atoms with Crippen LogP contribution in [0.4, 0.5) is 4.39 Å². The first kappa shape index (κ1) is 16.0. The molecule has 0 radical (unpaired) electrons. The predicted molar refractivity (Wildman–Crippen MR) is 87.2 cm³/mol. The molecule has 0 aromatic heterocycles. The topological polar surface area (TPSA) is 21.3 Å². The van der Waals surface area contributed by atoms with Gasteiger partial charge in [0, 0.05) is 18.2 Å². The standard InChI is InChI=1S/C17H19BrFNO/c1-17(2,3)20-11-12-7-8-16(15(18)9-12)21-14-6-4-5-13(19)10-14/h4-10,20H,11H2,1-3H3. The summed E-state index contributed by atoms with van der Waals surface area (Å²) >= 11 is 3.50. The summed E-state index contributed by atoms with van der Waals surface area (Å²) in [6, 6.07) is 12.0. The molecule has 21 heavy (non-hydrogen) atoms. The number of hydrogen-bond donors (Lipinski definition) is 1. The van der Waals surface area contributed by atoms with Gasteiger partial charge < -0.3 is 10.1 Å². The van der Waals surface area contributed by atoms with E-state index in [-0.39, 0.29) is 11.4 Å². The van der Waals surface area contributed by atoms with Crippen molar-refractivity contribution in [1.29, 1.82) is 0 Å². The first-order chi connectivity index (χ1) is 9.83. The lowest BCUT2D eigenvalue weighted by atomic mass is 10.1. The molecular weight excluding hydrogens is 333 g/mol. The van der Waals surface area contributed by atoms with E-state index >= 15 is 0 Å². The van der Waals surface area contributed by atoms with E-state index in [1.807, 2.05) is 18.2 Å². The van der Waals surface area contributed by atoms with Crippen LogP contribution in [0.3, 0.4) is 0 Å². The molecule has 2 aromatic carbocycles. The van der Waals surface area contributed by atoms with Crippen molar-refractivity contribution in [2.75, 3.05) is 0 Å². The van der Waals surface area contributed by atoms with Gasteiger partial charge in [-0.2, -0.15) is 0 Å². The van der Waals surface area contributed by atoms with Gasteiger partial charge in [0.25, 0.3) is 0 Å². The highest BCUT2D eigenvalue weighted by Gasteiger charge is 2.10. The fourth-order valence-electron chi connectivity index (χ4n) is 1.76. The second kappa shape index (κ2) is 6.58. The van der Waals surface area contributed by atoms with E-state index in [4.69, 9.17) is 4.74 Å². The molecule has 0 amide bonds. The second-order valence-corrected chi connectivity index (χ2v) is 6.78. The number of benzene rings is 2. The van der Waals surface area contributed by atoms with Gasteiger partial charge in [0.1, 0.15) is 17.3 Å². The molecule has 0 unspecified atom stereocenters. The largest absolute Gasteiger partial charge is 0.456 e. The zero-order valence-corrected chi connectivity index (χ0v) is 14.0. The van der Waals surface area contributed by atoms with Gasteiger partial charge in [-0.1, -0.05) is 12.1 Å². The Balaban J connectivity index is 2.09. The molecular formula is C17H19BrFNO. The second-order valence-electron chi connectivity index (χ2n) is 5.93. The minimum absolute atomic E-state index is 0.0726. The Labute approximate surface area is 133 Å². The molecule has 0 bridgehead atoms. The van der Waals surface area contributed by atoms with Crippen LogP contribution in [-0.2, 0) is 6.54 Å². The number of rotatable bonds is 4. The van der Waals surface area contributed by atoms with Crippen molar-refractivity contribution < 1.29 is 9.13 Å². The summed E-state index contributed by atoms with van der Waals surface area (Å²) in [7, 11) is 0. The maximum absolute atomic E-state index is 13.1. The quantitative estimate of drug-likeness (QED) is 0.810. The van der Waals surface area contributed by atoms with Crippen LogP contribution in [-0.4, -0.2) is 5.54 Å². The molecule has 0 saturated carbocycles. The van der Waals surface area contributed by atoms with Crippen molar-refractivity contribution in [2.45, 2.75) is 32.9 Å². The third-order valence-electron chi connectivity index (χ3n) is 2.84. The molecule has 0 aliphatic rings. The van der Waals surface area contributed by atoms with Gasteiger partial charge in [-0.3, -0.25) is 0 Å². The molecule has 4 heteroatoms. The van der Waals surface area contributed by atoms with Crippen molar-refractivity contribution in [3.63, 3.8) is 0 Å². The molecule has 1 N–H and O–H groups in total. The molecule has 112 valence electrons. The molecule has 2 rings (SSSR count).